The van der Waals surface area contributed by atoms with E-state index in [2.05, 4.69) is 57.9 Å². The minimum absolute atomic E-state index is 0.252. The fourth-order valence-corrected chi connectivity index (χ4v) is 3.95. The molecule has 0 aliphatic carbocycles. The van der Waals surface area contributed by atoms with E-state index in [9.17, 15) is 0 Å². The standard InChI is InChI=1S/C23H32N6/c1-17(2)20(24)16-28-13-10-18(11-14-28)26-23-27-21-8-3-4-9-22(21)29(23)15-19-7-5-6-12-25-19/h3-9,12,17-18,20H,10-11,13-16,24H2,1-2H3,(H,26,27). The van der Waals surface area contributed by atoms with E-state index in [1.807, 2.05) is 24.4 Å². The number of hydrogen-bond donors (Lipinski definition) is 2. The fourth-order valence-electron chi connectivity index (χ4n) is 3.95. The van der Waals surface area contributed by atoms with Crippen LogP contribution in [0.1, 0.15) is 32.4 Å². The summed E-state index contributed by atoms with van der Waals surface area (Å²) in [4.78, 5) is 11.9. The summed E-state index contributed by atoms with van der Waals surface area (Å²) in [6.45, 7) is 8.27. The molecule has 0 amide bonds. The zero-order chi connectivity index (χ0) is 20.2. The molecule has 1 saturated heterocycles. The fraction of sp³-hybridized carbons (Fsp3) is 0.478. The van der Waals surface area contributed by atoms with Crippen LogP contribution in [0.2, 0.25) is 0 Å². The van der Waals surface area contributed by atoms with Gasteiger partial charge in [-0.15, -0.1) is 0 Å². The van der Waals surface area contributed by atoms with Crippen LogP contribution in [-0.2, 0) is 6.54 Å². The SMILES string of the molecule is CC(C)C(N)CN1CCC(Nc2nc3ccccc3n2Cc2ccccn2)CC1. The number of piperidine rings is 1. The van der Waals surface area contributed by atoms with E-state index >= 15 is 0 Å². The Labute approximate surface area is 173 Å². The molecule has 6 nitrogen and oxygen atoms in total. The molecule has 0 saturated carbocycles. The monoisotopic (exact) mass is 392 g/mol. The normalized spacial score (nSPS) is 17.1. The third-order valence-electron chi connectivity index (χ3n) is 5.95. The summed E-state index contributed by atoms with van der Waals surface area (Å²) >= 11 is 0. The lowest BCUT2D eigenvalue weighted by Crippen LogP contribution is -2.46. The van der Waals surface area contributed by atoms with Gasteiger partial charge < -0.3 is 20.5 Å². The molecule has 1 fully saturated rings. The molecule has 4 rings (SSSR count). The van der Waals surface area contributed by atoms with Crippen molar-refractivity contribution in [1.29, 1.82) is 0 Å². The van der Waals surface area contributed by atoms with Crippen LogP contribution in [0.4, 0.5) is 5.95 Å². The van der Waals surface area contributed by atoms with Crippen molar-refractivity contribution in [2.45, 2.75) is 45.3 Å². The molecule has 1 atom stereocenters. The van der Waals surface area contributed by atoms with Crippen LogP contribution in [0.5, 0.6) is 0 Å². The summed E-state index contributed by atoms with van der Waals surface area (Å²) in [5, 5.41) is 3.72. The highest BCUT2D eigenvalue weighted by Crippen LogP contribution is 2.23. The molecule has 1 unspecified atom stereocenters. The van der Waals surface area contributed by atoms with Crippen molar-refractivity contribution in [3.63, 3.8) is 0 Å². The molecule has 0 bridgehead atoms. The van der Waals surface area contributed by atoms with Gasteiger partial charge in [-0.1, -0.05) is 32.0 Å². The van der Waals surface area contributed by atoms with E-state index < -0.39 is 0 Å². The molecule has 3 aromatic rings. The Morgan fingerprint density at radius 1 is 1.10 bits per heavy atom. The lowest BCUT2D eigenvalue weighted by molar-refractivity contribution is 0.194. The van der Waals surface area contributed by atoms with E-state index in [4.69, 9.17) is 10.7 Å². The van der Waals surface area contributed by atoms with Gasteiger partial charge in [-0.2, -0.15) is 0 Å². The highest BCUT2D eigenvalue weighted by Gasteiger charge is 2.23. The number of para-hydroxylation sites is 2. The average Bonchev–Trinajstić information content (AvgIpc) is 3.07. The van der Waals surface area contributed by atoms with Crippen LogP contribution >= 0.6 is 0 Å². The first kappa shape index (κ1) is 19.9. The van der Waals surface area contributed by atoms with E-state index in [1.54, 1.807) is 0 Å². The van der Waals surface area contributed by atoms with Gasteiger partial charge in [0.15, 0.2) is 0 Å². The van der Waals surface area contributed by atoms with Gasteiger partial charge >= 0.3 is 0 Å². The molecule has 3 heterocycles. The topological polar surface area (TPSA) is 72.0 Å². The van der Waals surface area contributed by atoms with E-state index in [0.29, 0.717) is 18.5 Å². The molecule has 1 aliphatic rings. The van der Waals surface area contributed by atoms with Crippen LogP contribution in [0.25, 0.3) is 11.0 Å². The average molecular weight is 393 g/mol. The third-order valence-corrected chi connectivity index (χ3v) is 5.95. The predicted molar refractivity (Wildman–Crippen MR) is 119 cm³/mol. The van der Waals surface area contributed by atoms with Crippen molar-refractivity contribution in [2.75, 3.05) is 25.0 Å². The maximum atomic E-state index is 6.27. The molecule has 154 valence electrons. The Morgan fingerprint density at radius 3 is 2.59 bits per heavy atom. The molecule has 0 radical (unpaired) electrons. The van der Waals surface area contributed by atoms with Crippen LogP contribution in [0.3, 0.4) is 0 Å². The minimum Gasteiger partial charge on any atom is -0.353 e. The van der Waals surface area contributed by atoms with Crippen molar-refractivity contribution in [3.05, 3.63) is 54.4 Å². The minimum atomic E-state index is 0.252. The Hall–Kier alpha value is -2.44. The number of fused-ring (bicyclic) bond motifs is 1. The zero-order valence-electron chi connectivity index (χ0n) is 17.5. The molecule has 0 spiro atoms. The maximum absolute atomic E-state index is 6.27. The van der Waals surface area contributed by atoms with Gasteiger partial charge in [0.1, 0.15) is 0 Å². The molecule has 1 aromatic carbocycles. The highest BCUT2D eigenvalue weighted by molar-refractivity contribution is 5.78. The molecule has 2 aromatic heterocycles. The van der Waals surface area contributed by atoms with Crippen LogP contribution in [0, 0.1) is 5.92 Å². The van der Waals surface area contributed by atoms with Crippen LogP contribution < -0.4 is 11.1 Å². The molecule has 1 aliphatic heterocycles. The third kappa shape index (κ3) is 4.77. The lowest BCUT2D eigenvalue weighted by atomic mass is 10.0. The van der Waals surface area contributed by atoms with Gasteiger partial charge in [0.2, 0.25) is 5.95 Å². The number of nitrogens with two attached hydrogens (primary N) is 1. The number of aromatic nitrogens is 3. The quantitative estimate of drug-likeness (QED) is 0.645. The first-order valence-electron chi connectivity index (χ1n) is 10.7. The molecule has 6 heteroatoms. The van der Waals surface area contributed by atoms with Crippen molar-refractivity contribution >= 4 is 17.0 Å². The van der Waals surface area contributed by atoms with Crippen molar-refractivity contribution in [1.82, 2.24) is 19.4 Å². The smallest absolute Gasteiger partial charge is 0.204 e. The van der Waals surface area contributed by atoms with Crippen molar-refractivity contribution < 1.29 is 0 Å². The van der Waals surface area contributed by atoms with Crippen LogP contribution in [0.15, 0.2) is 48.7 Å². The lowest BCUT2D eigenvalue weighted by Gasteiger charge is -2.34. The first-order chi connectivity index (χ1) is 14.1. The number of rotatable bonds is 7. The van der Waals surface area contributed by atoms with E-state index in [0.717, 1.165) is 55.2 Å². The number of pyridine rings is 1. The summed E-state index contributed by atoms with van der Waals surface area (Å²) in [6, 6.07) is 15.1. The summed E-state index contributed by atoms with van der Waals surface area (Å²) < 4.78 is 2.25. The number of imidazole rings is 1. The number of hydrogen-bond acceptors (Lipinski definition) is 5. The largest absolute Gasteiger partial charge is 0.353 e. The van der Waals surface area contributed by atoms with Gasteiger partial charge in [0, 0.05) is 37.9 Å². The van der Waals surface area contributed by atoms with Gasteiger partial charge in [0.05, 0.1) is 23.3 Å². The predicted octanol–water partition coefficient (Wildman–Crippen LogP) is 3.34. The summed E-state index contributed by atoms with van der Waals surface area (Å²) in [5.74, 6) is 1.46. The molecular weight excluding hydrogens is 360 g/mol. The van der Waals surface area contributed by atoms with Gasteiger partial charge in [-0.25, -0.2) is 4.98 Å². The second kappa shape index (κ2) is 8.93. The number of nitrogens with one attached hydrogen (secondary N) is 1. The first-order valence-corrected chi connectivity index (χ1v) is 10.7. The van der Waals surface area contributed by atoms with E-state index in [-0.39, 0.29) is 6.04 Å². The van der Waals surface area contributed by atoms with Crippen molar-refractivity contribution in [2.24, 2.45) is 11.7 Å². The second-order valence-electron chi connectivity index (χ2n) is 8.46. The molecule has 29 heavy (non-hydrogen) atoms. The Kier molecular flexibility index (Phi) is 6.11. The van der Waals surface area contributed by atoms with Gasteiger partial charge in [0.25, 0.3) is 0 Å². The van der Waals surface area contributed by atoms with Gasteiger partial charge in [-0.3, -0.25) is 4.98 Å². The van der Waals surface area contributed by atoms with Crippen LogP contribution in [-0.4, -0.2) is 51.2 Å². The number of benzene rings is 1. The Morgan fingerprint density at radius 2 is 1.86 bits per heavy atom. The van der Waals surface area contributed by atoms with E-state index in [1.165, 1.54) is 0 Å². The second-order valence-corrected chi connectivity index (χ2v) is 8.46. The number of anilines is 1. The molecule has 3 N–H and O–H groups in total. The summed E-state index contributed by atoms with van der Waals surface area (Å²) in [7, 11) is 0. The maximum Gasteiger partial charge on any atom is 0.204 e. The van der Waals surface area contributed by atoms with Gasteiger partial charge in [-0.05, 0) is 43.0 Å². The molecular formula is C23H32N6. The summed E-state index contributed by atoms with van der Waals surface area (Å²) in [5.41, 5.74) is 9.46. The highest BCUT2D eigenvalue weighted by atomic mass is 15.2. The Balaban J connectivity index is 1.46. The Bertz CT molecular complexity index is 912. The van der Waals surface area contributed by atoms with Crippen molar-refractivity contribution in [3.8, 4) is 0 Å². The number of likely N-dealkylation sites (tertiary alicyclic amines) is 1. The zero-order valence-corrected chi connectivity index (χ0v) is 17.5. The number of nitrogens with zero attached hydrogens (tertiary/aromatic N) is 4. The summed E-state index contributed by atoms with van der Waals surface area (Å²) in [6.07, 6.45) is 4.06.